The highest BCUT2D eigenvalue weighted by Crippen LogP contribution is 2.33. The van der Waals surface area contributed by atoms with Crippen LogP contribution in [0.2, 0.25) is 0 Å². The summed E-state index contributed by atoms with van der Waals surface area (Å²) in [4.78, 5) is 20.1. The van der Waals surface area contributed by atoms with Crippen molar-refractivity contribution >= 4 is 33.9 Å². The Kier molecular flexibility index (Phi) is 6.97. The van der Waals surface area contributed by atoms with Gasteiger partial charge in [-0.05, 0) is 23.6 Å². The Bertz CT molecular complexity index is 1180. The van der Waals surface area contributed by atoms with E-state index in [2.05, 4.69) is 15.3 Å². The number of nitrogen functional groups attached to an aromatic ring is 2. The van der Waals surface area contributed by atoms with Gasteiger partial charge in [0.05, 0.1) is 17.9 Å². The molecule has 158 valence electrons. The van der Waals surface area contributed by atoms with Crippen LogP contribution in [0.5, 0.6) is 5.75 Å². The van der Waals surface area contributed by atoms with Crippen molar-refractivity contribution in [1.82, 2.24) is 9.97 Å². The van der Waals surface area contributed by atoms with E-state index in [-0.39, 0.29) is 17.0 Å². The third kappa shape index (κ3) is 5.26. The number of amides is 1. The highest BCUT2D eigenvalue weighted by atomic mass is 16.5. The number of anilines is 3. The molecule has 3 aromatic carbocycles. The fourth-order valence-electron chi connectivity index (χ4n) is 2.88. The average molecular weight is 417 g/mol. The number of nitrogens with one attached hydrogen (secondary N) is 1. The number of fused-ring (bicyclic) bond motifs is 1. The number of carbonyl (C=O) groups is 1. The van der Waals surface area contributed by atoms with Gasteiger partial charge < -0.3 is 26.6 Å². The Morgan fingerprint density at radius 2 is 1.71 bits per heavy atom. The average Bonchev–Trinajstić information content (AvgIpc) is 2.79. The van der Waals surface area contributed by atoms with Crippen molar-refractivity contribution in [3.63, 3.8) is 0 Å². The van der Waals surface area contributed by atoms with E-state index in [9.17, 15) is 9.90 Å². The topological polar surface area (TPSA) is 136 Å². The van der Waals surface area contributed by atoms with Gasteiger partial charge in [-0.15, -0.1) is 0 Å². The van der Waals surface area contributed by atoms with Gasteiger partial charge in [0, 0.05) is 30.6 Å². The number of hydrogen-bond donors (Lipinski definition) is 4. The summed E-state index contributed by atoms with van der Waals surface area (Å²) in [6.07, 6.45) is 3.14. The molecule has 0 saturated heterocycles. The van der Waals surface area contributed by atoms with Crippen molar-refractivity contribution in [1.29, 1.82) is 0 Å². The van der Waals surface area contributed by atoms with Crippen LogP contribution in [-0.4, -0.2) is 28.1 Å². The second-order valence-corrected chi connectivity index (χ2v) is 6.55. The van der Waals surface area contributed by atoms with Crippen molar-refractivity contribution in [2.75, 3.05) is 23.9 Å². The summed E-state index contributed by atoms with van der Waals surface area (Å²) in [5, 5.41) is 14.4. The summed E-state index contributed by atoms with van der Waals surface area (Å²) in [6, 6.07) is 18.1. The van der Waals surface area contributed by atoms with Crippen molar-refractivity contribution < 1.29 is 14.6 Å². The molecule has 0 aliphatic rings. The molecule has 8 heteroatoms. The largest absolute Gasteiger partial charge is 0.505 e. The maximum Gasteiger partial charge on any atom is 0.259 e. The number of benzene rings is 3. The molecule has 0 spiro atoms. The molecule has 0 saturated carbocycles. The number of nitrogens with two attached hydrogens (primary N) is 2. The Balaban J connectivity index is 0.000000229. The molecule has 0 aliphatic heterocycles. The maximum absolute atomic E-state index is 12.3. The number of ether oxygens (including phenoxy) is 1. The first-order chi connectivity index (χ1) is 15.0. The van der Waals surface area contributed by atoms with Crippen LogP contribution in [0.15, 0.2) is 73.1 Å². The Morgan fingerprint density at radius 1 is 1.03 bits per heavy atom. The van der Waals surface area contributed by atoms with E-state index in [0.717, 1.165) is 10.8 Å². The molecule has 1 aromatic heterocycles. The fourth-order valence-corrected chi connectivity index (χ4v) is 2.88. The summed E-state index contributed by atoms with van der Waals surface area (Å²) in [6.45, 7) is 0.416. The van der Waals surface area contributed by atoms with Crippen LogP contribution in [0.1, 0.15) is 16.1 Å². The van der Waals surface area contributed by atoms with Crippen LogP contribution in [0, 0.1) is 0 Å². The van der Waals surface area contributed by atoms with E-state index in [1.54, 1.807) is 37.7 Å². The molecule has 1 heterocycles. The molecule has 0 aliphatic carbocycles. The number of hydrogen-bond acceptors (Lipinski definition) is 7. The first kappa shape index (κ1) is 21.5. The van der Waals surface area contributed by atoms with Crippen molar-refractivity contribution in [3.05, 3.63) is 84.3 Å². The zero-order valence-corrected chi connectivity index (χ0v) is 16.9. The predicted octanol–water partition coefficient (Wildman–Crippen LogP) is 3.59. The molecule has 0 fully saturated rings. The number of methoxy groups -OCH3 is 1. The number of nitrogens with zero attached hydrogens (tertiary/aromatic N) is 2. The van der Waals surface area contributed by atoms with Gasteiger partial charge in [-0.3, -0.25) is 9.78 Å². The molecule has 0 radical (unpaired) electrons. The van der Waals surface area contributed by atoms with Gasteiger partial charge in [0.25, 0.3) is 5.91 Å². The normalized spacial score (nSPS) is 10.2. The Morgan fingerprint density at radius 3 is 2.42 bits per heavy atom. The Hall–Kier alpha value is -4.17. The fraction of sp³-hybridized carbons (Fsp3) is 0.0870. The van der Waals surface area contributed by atoms with Crippen LogP contribution in [-0.2, 0) is 11.3 Å². The van der Waals surface area contributed by atoms with Crippen LogP contribution in [0.3, 0.4) is 0 Å². The van der Waals surface area contributed by atoms with Gasteiger partial charge in [-0.25, -0.2) is 4.98 Å². The Labute approximate surface area is 179 Å². The van der Waals surface area contributed by atoms with Crippen LogP contribution < -0.4 is 16.8 Å². The summed E-state index contributed by atoms with van der Waals surface area (Å²) >= 11 is 0. The third-order valence-corrected chi connectivity index (χ3v) is 4.42. The summed E-state index contributed by atoms with van der Waals surface area (Å²) in [5.41, 5.74) is 13.1. The lowest BCUT2D eigenvalue weighted by Gasteiger charge is -2.11. The summed E-state index contributed by atoms with van der Waals surface area (Å²) in [7, 11) is 1.59. The standard InChI is InChI=1S/C17H14N2O2.C6H9N3O/c18-15-13-9-5-4-6-11(13)10-14(16(15)20)17(21)19-12-7-2-1-3-8-12;1-10-4-5-6(7)9-3-2-8-5/h1-10,20H,18H2,(H,19,21);2-3H,4H2,1H3,(H2,7,9). The minimum Gasteiger partial charge on any atom is -0.505 e. The smallest absolute Gasteiger partial charge is 0.259 e. The molecule has 0 atom stereocenters. The predicted molar refractivity (Wildman–Crippen MR) is 122 cm³/mol. The quantitative estimate of drug-likeness (QED) is 0.294. The molecule has 31 heavy (non-hydrogen) atoms. The van der Waals surface area contributed by atoms with Gasteiger partial charge in [0.15, 0.2) is 5.75 Å². The third-order valence-electron chi connectivity index (χ3n) is 4.42. The number of aromatic nitrogens is 2. The molecular weight excluding hydrogens is 394 g/mol. The second-order valence-electron chi connectivity index (χ2n) is 6.55. The van der Waals surface area contributed by atoms with Gasteiger partial charge in [-0.1, -0.05) is 42.5 Å². The van der Waals surface area contributed by atoms with Crippen LogP contribution in [0.4, 0.5) is 17.2 Å². The van der Waals surface area contributed by atoms with E-state index in [1.165, 1.54) is 0 Å². The lowest BCUT2D eigenvalue weighted by atomic mass is 10.0. The lowest BCUT2D eigenvalue weighted by Crippen LogP contribution is -2.12. The van der Waals surface area contributed by atoms with E-state index in [1.807, 2.05) is 42.5 Å². The minimum atomic E-state index is -0.392. The SMILES string of the molecule is COCc1nccnc1N.Nc1c(O)c(C(=O)Nc2ccccc2)cc2ccccc12. The zero-order valence-electron chi connectivity index (χ0n) is 16.9. The molecule has 0 bridgehead atoms. The number of phenols is 1. The number of rotatable bonds is 4. The van der Waals surface area contributed by atoms with Crippen molar-refractivity contribution in [2.45, 2.75) is 6.61 Å². The van der Waals surface area contributed by atoms with E-state index >= 15 is 0 Å². The van der Waals surface area contributed by atoms with E-state index in [0.29, 0.717) is 23.8 Å². The van der Waals surface area contributed by atoms with Gasteiger partial charge in [0.1, 0.15) is 11.5 Å². The van der Waals surface area contributed by atoms with Crippen LogP contribution >= 0.6 is 0 Å². The van der Waals surface area contributed by atoms with Gasteiger partial charge in [0.2, 0.25) is 0 Å². The number of aromatic hydroxyl groups is 1. The first-order valence-corrected chi connectivity index (χ1v) is 9.42. The molecular formula is C23H23N5O3. The number of phenolic OH excluding ortho intramolecular Hbond substituents is 1. The number of para-hydroxylation sites is 1. The molecule has 1 amide bonds. The van der Waals surface area contributed by atoms with Gasteiger partial charge in [-0.2, -0.15) is 0 Å². The first-order valence-electron chi connectivity index (χ1n) is 9.42. The van der Waals surface area contributed by atoms with E-state index in [4.69, 9.17) is 16.2 Å². The molecule has 8 nitrogen and oxygen atoms in total. The monoisotopic (exact) mass is 417 g/mol. The zero-order chi connectivity index (χ0) is 22.2. The molecule has 0 unspecified atom stereocenters. The molecule has 4 rings (SSSR count). The second kappa shape index (κ2) is 10.0. The maximum atomic E-state index is 12.3. The summed E-state index contributed by atoms with van der Waals surface area (Å²) in [5.74, 6) is -0.150. The van der Waals surface area contributed by atoms with Crippen LogP contribution in [0.25, 0.3) is 10.8 Å². The molecule has 6 N–H and O–H groups in total. The van der Waals surface area contributed by atoms with Crippen molar-refractivity contribution in [2.24, 2.45) is 0 Å². The van der Waals surface area contributed by atoms with Gasteiger partial charge >= 0.3 is 0 Å². The van der Waals surface area contributed by atoms with Crippen molar-refractivity contribution in [3.8, 4) is 5.75 Å². The summed E-state index contributed by atoms with van der Waals surface area (Å²) < 4.78 is 4.83. The number of carbonyl (C=O) groups excluding carboxylic acids is 1. The molecule has 4 aromatic rings. The minimum absolute atomic E-state index is 0.162. The highest BCUT2D eigenvalue weighted by Gasteiger charge is 2.16. The lowest BCUT2D eigenvalue weighted by molar-refractivity contribution is 0.102. The highest BCUT2D eigenvalue weighted by molar-refractivity contribution is 6.11. The van der Waals surface area contributed by atoms with E-state index < -0.39 is 5.91 Å².